The summed E-state index contributed by atoms with van der Waals surface area (Å²) in [6.07, 6.45) is 0. The summed E-state index contributed by atoms with van der Waals surface area (Å²) in [6, 6.07) is 3.11. The maximum atomic E-state index is 11.9. The number of fused-ring (bicyclic) bond motifs is 1. The third kappa shape index (κ3) is 3.86. The quantitative estimate of drug-likeness (QED) is 0.787. The Kier molecular flexibility index (Phi) is 6.13. The van der Waals surface area contributed by atoms with Crippen LogP contribution >= 0.6 is 12.4 Å². The average molecular weight is 328 g/mol. The first kappa shape index (κ1) is 18.2. The van der Waals surface area contributed by atoms with E-state index in [0.717, 1.165) is 5.69 Å². The molecule has 1 aromatic rings. The van der Waals surface area contributed by atoms with E-state index in [4.69, 9.17) is 0 Å². The highest BCUT2D eigenvalue weighted by Crippen LogP contribution is 2.24. The van der Waals surface area contributed by atoms with Crippen molar-refractivity contribution in [2.24, 2.45) is 0 Å². The van der Waals surface area contributed by atoms with Gasteiger partial charge in [-0.3, -0.25) is 4.79 Å². The molecule has 7 nitrogen and oxygen atoms in total. The molecule has 1 aliphatic heterocycles. The number of amides is 3. The number of hydrogen-bond donors (Lipinski definition) is 3. The summed E-state index contributed by atoms with van der Waals surface area (Å²) in [5, 5.41) is 8.43. The summed E-state index contributed by atoms with van der Waals surface area (Å²) in [6.45, 7) is 6.11. The maximum absolute atomic E-state index is 11.9. The first-order valence-electron chi connectivity index (χ1n) is 6.98. The minimum Gasteiger partial charge on any atom is -0.316 e. The van der Waals surface area contributed by atoms with Crippen LogP contribution in [-0.2, 0) is 11.3 Å². The zero-order chi connectivity index (χ0) is 15.6. The van der Waals surface area contributed by atoms with E-state index in [1.807, 2.05) is 13.8 Å². The number of pyridine rings is 1. The third-order valence-electron chi connectivity index (χ3n) is 3.50. The topological polar surface area (TPSA) is 86.4 Å². The molecule has 0 aliphatic carbocycles. The van der Waals surface area contributed by atoms with Crippen LogP contribution in [0.4, 0.5) is 16.3 Å². The predicted octanol–water partition coefficient (Wildman–Crippen LogP) is 1.81. The van der Waals surface area contributed by atoms with Gasteiger partial charge in [-0.25, -0.2) is 9.78 Å². The lowest BCUT2D eigenvalue weighted by Crippen LogP contribution is -2.43. The van der Waals surface area contributed by atoms with Gasteiger partial charge < -0.3 is 20.9 Å². The number of urea groups is 1. The van der Waals surface area contributed by atoms with E-state index < -0.39 is 0 Å². The van der Waals surface area contributed by atoms with Crippen LogP contribution in [0.5, 0.6) is 0 Å². The molecule has 1 unspecified atom stereocenters. The van der Waals surface area contributed by atoms with Crippen molar-refractivity contribution in [3.05, 3.63) is 17.8 Å². The number of anilines is 2. The number of nitrogens with zero attached hydrogens (tertiary/aromatic N) is 2. The van der Waals surface area contributed by atoms with Crippen molar-refractivity contribution in [1.29, 1.82) is 0 Å². The van der Waals surface area contributed by atoms with Gasteiger partial charge in [-0.05, 0) is 40.0 Å². The Morgan fingerprint density at radius 2 is 2.05 bits per heavy atom. The lowest BCUT2D eigenvalue weighted by Gasteiger charge is -2.31. The Hall–Kier alpha value is -1.86. The van der Waals surface area contributed by atoms with Gasteiger partial charge in [0.2, 0.25) is 5.91 Å². The Morgan fingerprint density at radius 3 is 2.64 bits per heavy atom. The van der Waals surface area contributed by atoms with Crippen molar-refractivity contribution in [2.75, 3.05) is 17.7 Å². The number of rotatable bonds is 4. The maximum Gasteiger partial charge on any atom is 0.322 e. The van der Waals surface area contributed by atoms with Gasteiger partial charge in [-0.2, -0.15) is 0 Å². The molecule has 122 valence electrons. The third-order valence-corrected chi connectivity index (χ3v) is 3.50. The van der Waals surface area contributed by atoms with Crippen LogP contribution < -0.4 is 16.0 Å². The number of aromatic nitrogens is 1. The molecule has 3 amide bonds. The van der Waals surface area contributed by atoms with E-state index in [-0.39, 0.29) is 36.4 Å². The van der Waals surface area contributed by atoms with Gasteiger partial charge in [0.05, 0.1) is 24.0 Å². The van der Waals surface area contributed by atoms with Crippen molar-refractivity contribution in [3.63, 3.8) is 0 Å². The van der Waals surface area contributed by atoms with Gasteiger partial charge in [0.15, 0.2) is 0 Å². The number of halogens is 1. The number of carbonyl (C=O) groups excluding carboxylic acids is 2. The Bertz CT molecular complexity index is 564. The molecule has 1 aliphatic rings. The summed E-state index contributed by atoms with van der Waals surface area (Å²) in [7, 11) is 1.72. The van der Waals surface area contributed by atoms with Gasteiger partial charge in [0.25, 0.3) is 0 Å². The Balaban J connectivity index is 0.00000242. The van der Waals surface area contributed by atoms with Crippen LogP contribution in [-0.4, -0.2) is 41.0 Å². The summed E-state index contributed by atoms with van der Waals surface area (Å²) < 4.78 is 0. The fourth-order valence-electron chi connectivity index (χ4n) is 2.01. The largest absolute Gasteiger partial charge is 0.322 e. The van der Waals surface area contributed by atoms with Gasteiger partial charge in [-0.1, -0.05) is 0 Å². The van der Waals surface area contributed by atoms with Crippen molar-refractivity contribution >= 4 is 35.9 Å². The second kappa shape index (κ2) is 7.42. The molecular weight excluding hydrogens is 306 g/mol. The van der Waals surface area contributed by atoms with Crippen molar-refractivity contribution in [1.82, 2.24) is 15.2 Å². The van der Waals surface area contributed by atoms with E-state index in [1.165, 1.54) is 0 Å². The van der Waals surface area contributed by atoms with Crippen molar-refractivity contribution < 1.29 is 9.59 Å². The highest BCUT2D eigenvalue weighted by molar-refractivity contribution is 5.95. The van der Waals surface area contributed by atoms with E-state index in [2.05, 4.69) is 20.9 Å². The fraction of sp³-hybridized carbons (Fsp3) is 0.500. The average Bonchev–Trinajstić information content (AvgIpc) is 2.45. The zero-order valence-corrected chi connectivity index (χ0v) is 14.0. The molecule has 3 N–H and O–H groups in total. The number of nitrogens with one attached hydrogen (secondary N) is 3. The van der Waals surface area contributed by atoms with E-state index in [0.29, 0.717) is 18.1 Å². The molecule has 8 heteroatoms. The Morgan fingerprint density at radius 1 is 1.36 bits per heavy atom. The van der Waals surface area contributed by atoms with Crippen LogP contribution in [0.2, 0.25) is 0 Å². The number of likely N-dealkylation sites (N-methyl/N-ethyl adjacent to an activating group) is 1. The molecule has 0 saturated carbocycles. The lowest BCUT2D eigenvalue weighted by atomic mass is 10.2. The normalized spacial score (nSPS) is 14.8. The van der Waals surface area contributed by atoms with E-state index in [9.17, 15) is 9.59 Å². The highest BCUT2D eigenvalue weighted by Gasteiger charge is 2.25. The second-order valence-electron chi connectivity index (χ2n) is 5.34. The fourth-order valence-corrected chi connectivity index (χ4v) is 2.01. The molecule has 0 saturated heterocycles. The Labute approximate surface area is 136 Å². The standard InChI is InChI=1S/C14H21N5O2.ClH/c1-8(2)19-7-11-10(17-14(19)21)5-6-12(16-11)18-13(20)9(3)15-4;/h5-6,8-9,15H,7H2,1-4H3,(H,17,21)(H,16,18,20);1H. The van der Waals surface area contributed by atoms with Crippen molar-refractivity contribution in [3.8, 4) is 0 Å². The second-order valence-corrected chi connectivity index (χ2v) is 5.34. The minimum absolute atomic E-state index is 0. The summed E-state index contributed by atoms with van der Waals surface area (Å²) in [4.78, 5) is 29.9. The molecule has 0 spiro atoms. The smallest absolute Gasteiger partial charge is 0.316 e. The molecule has 22 heavy (non-hydrogen) atoms. The van der Waals surface area contributed by atoms with Crippen LogP contribution in [0.25, 0.3) is 0 Å². The van der Waals surface area contributed by atoms with Crippen LogP contribution in [0.3, 0.4) is 0 Å². The molecule has 0 bridgehead atoms. The van der Waals surface area contributed by atoms with Crippen LogP contribution in [0, 0.1) is 0 Å². The molecular formula is C14H22ClN5O2. The molecule has 1 aromatic heterocycles. The van der Waals surface area contributed by atoms with Crippen molar-refractivity contribution in [2.45, 2.75) is 39.4 Å². The molecule has 0 fully saturated rings. The molecule has 0 aromatic carbocycles. The van der Waals surface area contributed by atoms with Gasteiger partial charge in [0.1, 0.15) is 5.82 Å². The number of carbonyl (C=O) groups is 2. The van der Waals surface area contributed by atoms with Gasteiger partial charge in [-0.15, -0.1) is 12.4 Å². The minimum atomic E-state index is -0.297. The SMILES string of the molecule is CNC(C)C(=O)Nc1ccc2c(n1)CN(C(C)C)C(=O)N2.Cl. The van der Waals surface area contributed by atoms with E-state index in [1.54, 1.807) is 31.0 Å². The van der Waals surface area contributed by atoms with Gasteiger partial charge >= 0.3 is 6.03 Å². The molecule has 2 heterocycles. The van der Waals surface area contributed by atoms with E-state index >= 15 is 0 Å². The monoisotopic (exact) mass is 327 g/mol. The number of hydrogen-bond acceptors (Lipinski definition) is 4. The lowest BCUT2D eigenvalue weighted by molar-refractivity contribution is -0.117. The summed E-state index contributed by atoms with van der Waals surface area (Å²) >= 11 is 0. The molecule has 0 radical (unpaired) electrons. The predicted molar refractivity (Wildman–Crippen MR) is 88.3 cm³/mol. The van der Waals surface area contributed by atoms with Crippen LogP contribution in [0.1, 0.15) is 26.5 Å². The first-order valence-corrected chi connectivity index (χ1v) is 6.98. The summed E-state index contributed by atoms with van der Waals surface area (Å²) in [5.41, 5.74) is 1.44. The molecule has 2 rings (SSSR count). The van der Waals surface area contributed by atoms with Gasteiger partial charge in [0, 0.05) is 6.04 Å². The summed E-state index contributed by atoms with van der Waals surface area (Å²) in [5.74, 6) is 0.339. The zero-order valence-electron chi connectivity index (χ0n) is 13.1. The first-order chi connectivity index (χ1) is 9.92. The van der Waals surface area contributed by atoms with Crippen LogP contribution in [0.15, 0.2) is 12.1 Å². The molecule has 1 atom stereocenters. The highest BCUT2D eigenvalue weighted by atomic mass is 35.5.